The summed E-state index contributed by atoms with van der Waals surface area (Å²) in [5.41, 5.74) is 1.70. The number of carbonyl (C=O) groups is 1. The van der Waals surface area contributed by atoms with E-state index in [4.69, 9.17) is 16.6 Å². The van der Waals surface area contributed by atoms with Crippen molar-refractivity contribution < 1.29 is 4.79 Å². The van der Waals surface area contributed by atoms with E-state index < -0.39 is 0 Å². The molecular weight excluding hydrogens is 348 g/mol. The van der Waals surface area contributed by atoms with Gasteiger partial charge in [-0.25, -0.2) is 9.78 Å². The molecule has 3 aromatic rings. The van der Waals surface area contributed by atoms with Crippen LogP contribution in [0, 0.1) is 0 Å². The maximum absolute atomic E-state index is 12.4. The molecular formula is C20H19ClN4O. The maximum atomic E-state index is 12.4. The molecule has 2 amide bonds. The van der Waals surface area contributed by atoms with Gasteiger partial charge in [-0.3, -0.25) is 0 Å². The fourth-order valence-electron chi connectivity index (χ4n) is 3.12. The van der Waals surface area contributed by atoms with Crippen molar-refractivity contribution in [2.24, 2.45) is 0 Å². The Kier molecular flexibility index (Phi) is 4.63. The standard InChI is InChI=1S/C20H19ClN4O/c21-16-8-6-15-7-9-19(23-18(15)14-16)24-10-12-25(13-11-24)20(26)22-17-4-2-1-3-5-17/h1-9,14H,10-13H2,(H,22,26). The average Bonchev–Trinajstić information content (AvgIpc) is 2.68. The second-order valence-electron chi connectivity index (χ2n) is 6.28. The number of anilines is 2. The number of urea groups is 1. The van der Waals surface area contributed by atoms with E-state index in [-0.39, 0.29) is 6.03 Å². The molecule has 0 bridgehead atoms. The molecule has 26 heavy (non-hydrogen) atoms. The van der Waals surface area contributed by atoms with Crippen molar-refractivity contribution in [2.45, 2.75) is 0 Å². The highest BCUT2D eigenvalue weighted by atomic mass is 35.5. The van der Waals surface area contributed by atoms with Gasteiger partial charge in [-0.1, -0.05) is 35.9 Å². The van der Waals surface area contributed by atoms with Crippen LogP contribution in [0.4, 0.5) is 16.3 Å². The number of carbonyl (C=O) groups excluding carboxylic acids is 1. The number of hydrogen-bond acceptors (Lipinski definition) is 3. The summed E-state index contributed by atoms with van der Waals surface area (Å²) in [5.74, 6) is 0.919. The van der Waals surface area contributed by atoms with Crippen molar-refractivity contribution in [1.82, 2.24) is 9.88 Å². The molecule has 0 atom stereocenters. The molecule has 0 saturated carbocycles. The summed E-state index contributed by atoms with van der Waals surface area (Å²) < 4.78 is 0. The van der Waals surface area contributed by atoms with Crippen molar-refractivity contribution in [3.05, 3.63) is 65.7 Å². The van der Waals surface area contributed by atoms with E-state index >= 15 is 0 Å². The van der Waals surface area contributed by atoms with E-state index in [0.29, 0.717) is 18.1 Å². The molecule has 0 radical (unpaired) electrons. The van der Waals surface area contributed by atoms with Crippen LogP contribution in [0.3, 0.4) is 0 Å². The van der Waals surface area contributed by atoms with E-state index in [0.717, 1.165) is 35.5 Å². The van der Waals surface area contributed by atoms with Crippen LogP contribution in [0.15, 0.2) is 60.7 Å². The summed E-state index contributed by atoms with van der Waals surface area (Å²) in [4.78, 5) is 21.1. The third kappa shape index (κ3) is 3.58. The maximum Gasteiger partial charge on any atom is 0.321 e. The van der Waals surface area contributed by atoms with Crippen molar-refractivity contribution in [3.8, 4) is 0 Å². The van der Waals surface area contributed by atoms with Gasteiger partial charge >= 0.3 is 6.03 Å². The molecule has 6 heteroatoms. The van der Waals surface area contributed by atoms with Crippen LogP contribution in [0.1, 0.15) is 0 Å². The number of pyridine rings is 1. The van der Waals surface area contributed by atoms with Crippen molar-refractivity contribution in [1.29, 1.82) is 0 Å². The number of rotatable bonds is 2. The first-order valence-electron chi connectivity index (χ1n) is 8.61. The van der Waals surface area contributed by atoms with E-state index in [9.17, 15) is 4.79 Å². The number of fused-ring (bicyclic) bond motifs is 1. The van der Waals surface area contributed by atoms with Gasteiger partial charge in [0.15, 0.2) is 0 Å². The topological polar surface area (TPSA) is 48.5 Å². The smallest absolute Gasteiger partial charge is 0.321 e. The minimum Gasteiger partial charge on any atom is -0.353 e. The first-order chi connectivity index (χ1) is 12.7. The normalized spacial score (nSPS) is 14.5. The van der Waals surface area contributed by atoms with Gasteiger partial charge in [0.05, 0.1) is 5.52 Å². The minimum absolute atomic E-state index is 0.0610. The first-order valence-corrected chi connectivity index (χ1v) is 8.99. The lowest BCUT2D eigenvalue weighted by Crippen LogP contribution is -2.50. The summed E-state index contributed by atoms with van der Waals surface area (Å²) in [5, 5.41) is 4.69. The Morgan fingerprint density at radius 1 is 0.962 bits per heavy atom. The molecule has 0 aliphatic carbocycles. The molecule has 2 heterocycles. The molecule has 0 spiro atoms. The lowest BCUT2D eigenvalue weighted by atomic mass is 10.2. The predicted octanol–water partition coefficient (Wildman–Crippen LogP) is 4.24. The highest BCUT2D eigenvalue weighted by Crippen LogP contribution is 2.22. The van der Waals surface area contributed by atoms with Crippen LogP contribution in [0.5, 0.6) is 0 Å². The molecule has 4 rings (SSSR count). The lowest BCUT2D eigenvalue weighted by molar-refractivity contribution is 0.208. The Labute approximate surface area is 157 Å². The number of hydrogen-bond donors (Lipinski definition) is 1. The van der Waals surface area contributed by atoms with Crippen LogP contribution in [0.2, 0.25) is 5.02 Å². The molecule has 1 aliphatic rings. The number of piperazine rings is 1. The van der Waals surface area contributed by atoms with Crippen molar-refractivity contribution in [3.63, 3.8) is 0 Å². The summed E-state index contributed by atoms with van der Waals surface area (Å²) >= 11 is 6.07. The Morgan fingerprint density at radius 3 is 2.46 bits per heavy atom. The van der Waals surface area contributed by atoms with Crippen LogP contribution in [0.25, 0.3) is 10.9 Å². The van der Waals surface area contributed by atoms with E-state index in [1.807, 2.05) is 59.5 Å². The Bertz CT molecular complexity index is 924. The minimum atomic E-state index is -0.0610. The Hall–Kier alpha value is -2.79. The number of benzene rings is 2. The largest absolute Gasteiger partial charge is 0.353 e. The molecule has 2 aromatic carbocycles. The first kappa shape index (κ1) is 16.7. The van der Waals surface area contributed by atoms with Crippen LogP contribution >= 0.6 is 11.6 Å². The molecule has 1 aliphatic heterocycles. The van der Waals surface area contributed by atoms with E-state index in [1.54, 1.807) is 0 Å². The van der Waals surface area contributed by atoms with Gasteiger partial charge in [0.25, 0.3) is 0 Å². The van der Waals surface area contributed by atoms with E-state index in [1.165, 1.54) is 0 Å². The highest BCUT2D eigenvalue weighted by molar-refractivity contribution is 6.31. The summed E-state index contributed by atoms with van der Waals surface area (Å²) in [7, 11) is 0. The van der Waals surface area contributed by atoms with Gasteiger partial charge in [-0.2, -0.15) is 0 Å². The molecule has 0 unspecified atom stereocenters. The zero-order valence-corrected chi connectivity index (χ0v) is 15.0. The summed E-state index contributed by atoms with van der Waals surface area (Å²) in [6.45, 7) is 2.82. The fraction of sp³-hybridized carbons (Fsp3) is 0.200. The number of para-hydroxylation sites is 1. The average molecular weight is 367 g/mol. The molecule has 5 nitrogen and oxygen atoms in total. The number of amides is 2. The third-order valence-corrected chi connectivity index (χ3v) is 4.79. The lowest BCUT2D eigenvalue weighted by Gasteiger charge is -2.35. The SMILES string of the molecule is O=C(Nc1ccccc1)N1CCN(c2ccc3ccc(Cl)cc3n2)CC1. The van der Waals surface area contributed by atoms with Crippen LogP contribution < -0.4 is 10.2 Å². The monoisotopic (exact) mass is 366 g/mol. The molecule has 1 N–H and O–H groups in total. The second-order valence-corrected chi connectivity index (χ2v) is 6.71. The van der Waals surface area contributed by atoms with Crippen molar-refractivity contribution in [2.75, 3.05) is 36.4 Å². The third-order valence-electron chi connectivity index (χ3n) is 4.56. The number of nitrogens with zero attached hydrogens (tertiary/aromatic N) is 3. The zero-order chi connectivity index (χ0) is 17.9. The molecule has 132 valence electrons. The van der Waals surface area contributed by atoms with Crippen LogP contribution in [-0.2, 0) is 0 Å². The van der Waals surface area contributed by atoms with Gasteiger partial charge in [0, 0.05) is 42.3 Å². The van der Waals surface area contributed by atoms with Gasteiger partial charge in [0.2, 0.25) is 0 Å². The Balaban J connectivity index is 1.41. The van der Waals surface area contributed by atoms with E-state index in [2.05, 4.69) is 16.3 Å². The molecule has 1 saturated heterocycles. The molecule has 1 fully saturated rings. The Morgan fingerprint density at radius 2 is 1.69 bits per heavy atom. The fourth-order valence-corrected chi connectivity index (χ4v) is 3.28. The zero-order valence-electron chi connectivity index (χ0n) is 14.2. The number of aromatic nitrogens is 1. The summed E-state index contributed by atoms with van der Waals surface area (Å²) in [6, 6.07) is 19.3. The quantitative estimate of drug-likeness (QED) is 0.737. The van der Waals surface area contributed by atoms with Gasteiger partial charge in [0.1, 0.15) is 5.82 Å². The number of nitrogens with one attached hydrogen (secondary N) is 1. The highest BCUT2D eigenvalue weighted by Gasteiger charge is 2.22. The van der Waals surface area contributed by atoms with Crippen molar-refractivity contribution >= 4 is 40.0 Å². The number of halogens is 1. The van der Waals surface area contributed by atoms with Gasteiger partial charge in [-0.05, 0) is 36.4 Å². The predicted molar refractivity (Wildman–Crippen MR) is 106 cm³/mol. The van der Waals surface area contributed by atoms with Gasteiger partial charge < -0.3 is 15.1 Å². The van der Waals surface area contributed by atoms with Crippen LogP contribution in [-0.4, -0.2) is 42.1 Å². The van der Waals surface area contributed by atoms with Gasteiger partial charge in [-0.15, -0.1) is 0 Å². The second kappa shape index (κ2) is 7.22. The molecule has 1 aromatic heterocycles. The summed E-state index contributed by atoms with van der Waals surface area (Å²) in [6.07, 6.45) is 0.